The van der Waals surface area contributed by atoms with Crippen molar-refractivity contribution in [2.75, 3.05) is 17.3 Å². The molecule has 0 bridgehead atoms. The average Bonchev–Trinajstić information content (AvgIpc) is 2.80. The highest BCUT2D eigenvalue weighted by atomic mass is 32.2. The van der Waals surface area contributed by atoms with Crippen molar-refractivity contribution in [2.45, 2.75) is 39.5 Å². The van der Waals surface area contributed by atoms with Crippen LogP contribution in [0.4, 0.5) is 5.95 Å². The lowest BCUT2D eigenvalue weighted by Crippen LogP contribution is -2.40. The largest absolute Gasteiger partial charge is 0.464 e. The molecular formula is C14H19N3O3S. The van der Waals surface area contributed by atoms with Crippen LogP contribution in [0.15, 0.2) is 0 Å². The highest BCUT2D eigenvalue weighted by molar-refractivity contribution is 8.01. The highest BCUT2D eigenvalue weighted by Gasteiger charge is 2.40. The first-order valence-corrected chi connectivity index (χ1v) is 7.98. The second kappa shape index (κ2) is 6.43. The number of hydrogen-bond donors (Lipinski definition) is 0. The summed E-state index contributed by atoms with van der Waals surface area (Å²) in [6.07, 6.45) is 0.835. The molecule has 0 radical (unpaired) electrons. The number of carbonyl (C=O) groups excluding carboxylic acids is 2. The molecule has 114 valence electrons. The standard InChI is InChI=1S/C14H19N3O3S/c1-5-10-8(3)15-14(16-9(10)4)17-11(18)7-21-12(17)13(19)20-6-2/h12H,5-7H2,1-4H3. The van der Waals surface area contributed by atoms with Gasteiger partial charge in [0.15, 0.2) is 5.37 Å². The molecule has 0 saturated carbocycles. The molecule has 2 rings (SSSR count). The van der Waals surface area contributed by atoms with E-state index in [1.54, 1.807) is 6.92 Å². The molecular weight excluding hydrogens is 290 g/mol. The fourth-order valence-corrected chi connectivity index (χ4v) is 3.37. The van der Waals surface area contributed by atoms with E-state index in [-0.39, 0.29) is 24.2 Å². The lowest BCUT2D eigenvalue weighted by Gasteiger charge is -2.21. The zero-order valence-electron chi connectivity index (χ0n) is 12.7. The summed E-state index contributed by atoms with van der Waals surface area (Å²) in [5, 5.41) is -0.691. The van der Waals surface area contributed by atoms with Crippen LogP contribution in [-0.4, -0.2) is 39.6 Å². The van der Waals surface area contributed by atoms with Crippen LogP contribution in [0.2, 0.25) is 0 Å². The zero-order valence-corrected chi connectivity index (χ0v) is 13.5. The van der Waals surface area contributed by atoms with Gasteiger partial charge in [0.25, 0.3) is 0 Å². The third kappa shape index (κ3) is 3.02. The van der Waals surface area contributed by atoms with Crippen molar-refractivity contribution in [2.24, 2.45) is 0 Å². The minimum atomic E-state index is -0.691. The molecule has 1 saturated heterocycles. The molecule has 1 aromatic heterocycles. The number of aryl methyl sites for hydroxylation is 2. The summed E-state index contributed by atoms with van der Waals surface area (Å²) in [5.74, 6) is -0.0660. The number of ether oxygens (including phenoxy) is 1. The maximum atomic E-state index is 12.1. The second-order valence-corrected chi connectivity index (χ2v) is 5.77. The first-order valence-electron chi connectivity index (χ1n) is 6.94. The van der Waals surface area contributed by atoms with E-state index < -0.39 is 11.3 Å². The predicted octanol–water partition coefficient (Wildman–Crippen LogP) is 1.62. The first-order chi connectivity index (χ1) is 9.99. The Morgan fingerprint density at radius 1 is 1.33 bits per heavy atom. The molecule has 1 aliphatic rings. The van der Waals surface area contributed by atoms with Crippen LogP contribution in [0.5, 0.6) is 0 Å². The van der Waals surface area contributed by atoms with Crippen LogP contribution in [-0.2, 0) is 20.7 Å². The average molecular weight is 309 g/mol. The summed E-state index contributed by atoms with van der Waals surface area (Å²) in [6, 6.07) is 0. The van der Waals surface area contributed by atoms with E-state index in [9.17, 15) is 9.59 Å². The van der Waals surface area contributed by atoms with E-state index in [1.165, 1.54) is 16.7 Å². The van der Waals surface area contributed by atoms with Gasteiger partial charge in [-0.15, -0.1) is 11.8 Å². The van der Waals surface area contributed by atoms with E-state index in [2.05, 4.69) is 9.97 Å². The number of aromatic nitrogens is 2. The van der Waals surface area contributed by atoms with Crippen LogP contribution >= 0.6 is 11.8 Å². The summed E-state index contributed by atoms with van der Waals surface area (Å²) in [7, 11) is 0. The smallest absolute Gasteiger partial charge is 0.339 e. The minimum Gasteiger partial charge on any atom is -0.464 e. The van der Waals surface area contributed by atoms with Gasteiger partial charge in [-0.05, 0) is 32.8 Å². The Kier molecular flexibility index (Phi) is 4.82. The maximum Gasteiger partial charge on any atom is 0.339 e. The fourth-order valence-electron chi connectivity index (χ4n) is 2.37. The number of rotatable bonds is 4. The second-order valence-electron chi connectivity index (χ2n) is 4.71. The lowest BCUT2D eigenvalue weighted by atomic mass is 10.1. The van der Waals surface area contributed by atoms with Crippen molar-refractivity contribution in [3.63, 3.8) is 0 Å². The Morgan fingerprint density at radius 3 is 2.48 bits per heavy atom. The van der Waals surface area contributed by atoms with Gasteiger partial charge in [-0.3, -0.25) is 9.69 Å². The molecule has 1 atom stereocenters. The van der Waals surface area contributed by atoms with E-state index in [0.29, 0.717) is 0 Å². The summed E-state index contributed by atoms with van der Waals surface area (Å²) in [6.45, 7) is 7.85. The van der Waals surface area contributed by atoms with Crippen molar-refractivity contribution in [1.29, 1.82) is 0 Å². The number of hydrogen-bond acceptors (Lipinski definition) is 6. The summed E-state index contributed by atoms with van der Waals surface area (Å²) in [5.41, 5.74) is 2.75. The number of amides is 1. The van der Waals surface area contributed by atoms with E-state index >= 15 is 0 Å². The molecule has 1 aromatic rings. The molecule has 1 amide bonds. The number of nitrogens with zero attached hydrogens (tertiary/aromatic N) is 3. The SMILES string of the molecule is CCOC(=O)C1SCC(=O)N1c1nc(C)c(CC)c(C)n1. The van der Waals surface area contributed by atoms with Crippen molar-refractivity contribution >= 4 is 29.6 Å². The van der Waals surface area contributed by atoms with Crippen molar-refractivity contribution in [1.82, 2.24) is 9.97 Å². The number of anilines is 1. The number of thioether (sulfide) groups is 1. The van der Waals surface area contributed by atoms with Gasteiger partial charge in [-0.25, -0.2) is 14.8 Å². The van der Waals surface area contributed by atoms with Gasteiger partial charge in [-0.1, -0.05) is 6.92 Å². The van der Waals surface area contributed by atoms with Gasteiger partial charge < -0.3 is 4.74 Å². The number of esters is 1. The molecule has 1 unspecified atom stereocenters. The zero-order chi connectivity index (χ0) is 15.6. The third-order valence-electron chi connectivity index (χ3n) is 3.33. The molecule has 6 nitrogen and oxygen atoms in total. The monoisotopic (exact) mass is 309 g/mol. The predicted molar refractivity (Wildman–Crippen MR) is 81.2 cm³/mol. The van der Waals surface area contributed by atoms with Gasteiger partial charge in [0.1, 0.15) is 0 Å². The Balaban J connectivity index is 2.38. The Bertz CT molecular complexity index is 554. The molecule has 0 aromatic carbocycles. The van der Waals surface area contributed by atoms with Gasteiger partial charge in [-0.2, -0.15) is 0 Å². The van der Waals surface area contributed by atoms with E-state index in [1.807, 2.05) is 20.8 Å². The van der Waals surface area contributed by atoms with Gasteiger partial charge in [0.2, 0.25) is 11.9 Å². The first kappa shape index (κ1) is 15.8. The lowest BCUT2D eigenvalue weighted by molar-refractivity contribution is -0.143. The molecule has 0 aliphatic carbocycles. The minimum absolute atomic E-state index is 0.166. The van der Waals surface area contributed by atoms with Crippen LogP contribution < -0.4 is 4.90 Å². The normalized spacial score (nSPS) is 18.2. The Labute approximate surface area is 128 Å². The van der Waals surface area contributed by atoms with Crippen LogP contribution in [0, 0.1) is 13.8 Å². The molecule has 0 N–H and O–H groups in total. The van der Waals surface area contributed by atoms with Gasteiger partial charge in [0, 0.05) is 11.4 Å². The molecule has 1 fully saturated rings. The van der Waals surface area contributed by atoms with Crippen molar-refractivity contribution in [3.05, 3.63) is 17.0 Å². The molecule has 1 aliphatic heterocycles. The Hall–Kier alpha value is -1.63. The van der Waals surface area contributed by atoms with Crippen molar-refractivity contribution < 1.29 is 14.3 Å². The molecule has 2 heterocycles. The summed E-state index contributed by atoms with van der Waals surface area (Å²) in [4.78, 5) is 34.2. The van der Waals surface area contributed by atoms with Gasteiger partial charge in [0.05, 0.1) is 12.4 Å². The van der Waals surface area contributed by atoms with Crippen LogP contribution in [0.1, 0.15) is 30.8 Å². The summed E-state index contributed by atoms with van der Waals surface area (Å²) < 4.78 is 5.02. The summed E-state index contributed by atoms with van der Waals surface area (Å²) >= 11 is 1.24. The Morgan fingerprint density at radius 2 is 1.95 bits per heavy atom. The number of carbonyl (C=O) groups is 2. The van der Waals surface area contributed by atoms with Crippen molar-refractivity contribution in [3.8, 4) is 0 Å². The third-order valence-corrected chi connectivity index (χ3v) is 4.47. The van der Waals surface area contributed by atoms with Crippen LogP contribution in [0.25, 0.3) is 0 Å². The maximum absolute atomic E-state index is 12.1. The van der Waals surface area contributed by atoms with E-state index in [0.717, 1.165) is 23.4 Å². The molecule has 21 heavy (non-hydrogen) atoms. The van der Waals surface area contributed by atoms with E-state index in [4.69, 9.17) is 4.74 Å². The molecule has 0 spiro atoms. The fraction of sp³-hybridized carbons (Fsp3) is 0.571. The highest BCUT2D eigenvalue weighted by Crippen LogP contribution is 2.30. The van der Waals surface area contributed by atoms with Gasteiger partial charge >= 0.3 is 5.97 Å². The molecule has 7 heteroatoms. The topological polar surface area (TPSA) is 72.4 Å². The van der Waals surface area contributed by atoms with Crippen LogP contribution in [0.3, 0.4) is 0 Å². The quantitative estimate of drug-likeness (QED) is 0.787.